The molecule has 170 valence electrons. The molecule has 1 aliphatic rings. The maximum Gasteiger partial charge on any atom is 0.269 e. The fraction of sp³-hybridized carbons (Fsp3) is 0.286. The van der Waals surface area contributed by atoms with E-state index < -0.39 is 15.0 Å². The van der Waals surface area contributed by atoms with Gasteiger partial charge in [0.2, 0.25) is 0 Å². The van der Waals surface area contributed by atoms with E-state index in [9.17, 15) is 22.9 Å². The van der Waals surface area contributed by atoms with E-state index in [-0.39, 0.29) is 11.5 Å². The minimum atomic E-state index is -3.67. The van der Waals surface area contributed by atoms with E-state index >= 15 is 0 Å². The second-order valence-corrected chi connectivity index (χ2v) is 9.05. The Kier molecular flexibility index (Phi) is 7.02. The number of aromatic nitrogens is 2. The first-order valence-corrected chi connectivity index (χ1v) is 11.5. The van der Waals surface area contributed by atoms with Gasteiger partial charge in [-0.3, -0.25) is 19.3 Å². The van der Waals surface area contributed by atoms with Crippen LogP contribution in [0.15, 0.2) is 48.5 Å². The predicted molar refractivity (Wildman–Crippen MR) is 117 cm³/mol. The third-order valence-corrected chi connectivity index (χ3v) is 4.92. The topological polar surface area (TPSA) is 119 Å². The van der Waals surface area contributed by atoms with Crippen LogP contribution in [0.2, 0.25) is 0 Å². The number of hydrogen-bond donors (Lipinski definition) is 1. The molecule has 0 aliphatic carbocycles. The zero-order valence-corrected chi connectivity index (χ0v) is 18.4. The van der Waals surface area contributed by atoms with Crippen LogP contribution < -0.4 is 0 Å². The largest absolute Gasteiger partial charge is 0.302 e. The quantitative estimate of drug-likeness (QED) is 0.359. The maximum absolute atomic E-state index is 13.3. The molecule has 9 nitrogen and oxygen atoms in total. The van der Waals surface area contributed by atoms with Crippen molar-refractivity contribution in [2.45, 2.75) is 19.5 Å². The SMILES string of the molecule is CN1CCc2c(c(-c3ccc(F)cc3)nn2Cc2ccc([N+](=O)[O-])cc2)C1.CS(=O)(=O)O. The van der Waals surface area contributed by atoms with Gasteiger partial charge in [0.25, 0.3) is 15.8 Å². The van der Waals surface area contributed by atoms with Crippen molar-refractivity contribution in [1.82, 2.24) is 14.7 Å². The van der Waals surface area contributed by atoms with Gasteiger partial charge in [-0.15, -0.1) is 0 Å². The van der Waals surface area contributed by atoms with Crippen LogP contribution in [-0.4, -0.2) is 52.4 Å². The summed E-state index contributed by atoms with van der Waals surface area (Å²) >= 11 is 0. The summed E-state index contributed by atoms with van der Waals surface area (Å²) in [6.45, 7) is 2.29. The lowest BCUT2D eigenvalue weighted by atomic mass is 10.0. The van der Waals surface area contributed by atoms with Crippen molar-refractivity contribution in [3.8, 4) is 11.3 Å². The number of nitro groups is 1. The molecule has 0 saturated carbocycles. The van der Waals surface area contributed by atoms with Crippen molar-refractivity contribution in [1.29, 1.82) is 0 Å². The first-order chi connectivity index (χ1) is 15.0. The number of hydrogen-bond acceptors (Lipinski definition) is 6. The molecule has 0 bridgehead atoms. The predicted octanol–water partition coefficient (Wildman–Crippen LogP) is 3.14. The highest BCUT2D eigenvalue weighted by Gasteiger charge is 2.24. The lowest BCUT2D eigenvalue weighted by molar-refractivity contribution is -0.384. The lowest BCUT2D eigenvalue weighted by Crippen LogP contribution is -2.27. The Bertz CT molecular complexity index is 1200. The van der Waals surface area contributed by atoms with Gasteiger partial charge >= 0.3 is 0 Å². The first kappa shape index (κ1) is 23.5. The van der Waals surface area contributed by atoms with Crippen molar-refractivity contribution in [3.63, 3.8) is 0 Å². The van der Waals surface area contributed by atoms with Crippen LogP contribution in [0, 0.1) is 15.9 Å². The van der Waals surface area contributed by atoms with E-state index in [0.29, 0.717) is 12.8 Å². The summed E-state index contributed by atoms with van der Waals surface area (Å²) < 4.78 is 41.1. The van der Waals surface area contributed by atoms with Gasteiger partial charge in [-0.1, -0.05) is 12.1 Å². The molecule has 1 aliphatic heterocycles. The molecule has 0 saturated heterocycles. The zero-order chi connectivity index (χ0) is 23.5. The zero-order valence-electron chi connectivity index (χ0n) is 17.6. The number of fused-ring (bicyclic) bond motifs is 1. The lowest BCUT2D eigenvalue weighted by Gasteiger charge is -2.23. The van der Waals surface area contributed by atoms with Gasteiger partial charge in [-0.25, -0.2) is 4.39 Å². The smallest absolute Gasteiger partial charge is 0.269 e. The number of nitrogens with zero attached hydrogens (tertiary/aromatic N) is 4. The van der Waals surface area contributed by atoms with E-state index in [1.165, 1.54) is 30.0 Å². The average Bonchev–Trinajstić information content (AvgIpc) is 3.05. The van der Waals surface area contributed by atoms with Crippen LogP contribution in [0.25, 0.3) is 11.3 Å². The Hall–Kier alpha value is -3.15. The Morgan fingerprint density at radius 1 is 1.16 bits per heavy atom. The van der Waals surface area contributed by atoms with Crippen LogP contribution >= 0.6 is 0 Å². The maximum atomic E-state index is 13.3. The van der Waals surface area contributed by atoms with Crippen molar-refractivity contribution in [2.75, 3.05) is 19.8 Å². The van der Waals surface area contributed by atoms with Crippen LogP contribution in [0.3, 0.4) is 0 Å². The van der Waals surface area contributed by atoms with Gasteiger partial charge in [0, 0.05) is 48.5 Å². The molecule has 3 aromatic rings. The van der Waals surface area contributed by atoms with Gasteiger partial charge in [-0.2, -0.15) is 13.5 Å². The fourth-order valence-corrected chi connectivity index (χ4v) is 3.49. The molecule has 2 heterocycles. The molecule has 11 heteroatoms. The van der Waals surface area contributed by atoms with Crippen molar-refractivity contribution < 1.29 is 22.3 Å². The third-order valence-electron chi connectivity index (χ3n) is 4.92. The summed E-state index contributed by atoms with van der Waals surface area (Å²) in [7, 11) is -1.59. The Morgan fingerprint density at radius 3 is 2.31 bits per heavy atom. The van der Waals surface area contributed by atoms with Crippen molar-refractivity contribution in [3.05, 3.63) is 81.3 Å². The van der Waals surface area contributed by atoms with Crippen LogP contribution in [-0.2, 0) is 29.6 Å². The van der Waals surface area contributed by atoms with Crippen molar-refractivity contribution >= 4 is 15.8 Å². The fourth-order valence-electron chi connectivity index (χ4n) is 3.49. The molecule has 1 aromatic heterocycles. The number of benzene rings is 2. The summed E-state index contributed by atoms with van der Waals surface area (Å²) in [4.78, 5) is 12.7. The minimum absolute atomic E-state index is 0.0786. The average molecular weight is 463 g/mol. The van der Waals surface area contributed by atoms with Crippen LogP contribution in [0.4, 0.5) is 10.1 Å². The summed E-state index contributed by atoms with van der Waals surface area (Å²) in [5.74, 6) is -0.268. The molecule has 32 heavy (non-hydrogen) atoms. The monoisotopic (exact) mass is 462 g/mol. The van der Waals surface area contributed by atoms with E-state index in [1.807, 2.05) is 4.68 Å². The highest BCUT2D eigenvalue weighted by molar-refractivity contribution is 7.85. The van der Waals surface area contributed by atoms with E-state index in [2.05, 4.69) is 11.9 Å². The highest BCUT2D eigenvalue weighted by atomic mass is 32.2. The standard InChI is InChI=1S/C20H19FN4O2.CH4O3S/c1-23-11-10-19-18(13-23)20(15-4-6-16(21)7-5-15)22-24(19)12-14-2-8-17(9-3-14)25(26)27;1-5(2,3)4/h2-9H,10-13H2,1H3;1H3,(H,2,3,4). The molecule has 4 rings (SSSR count). The molecule has 0 amide bonds. The molecule has 0 radical (unpaired) electrons. The van der Waals surface area contributed by atoms with Gasteiger partial charge in [-0.05, 0) is 36.9 Å². The molecule has 1 N–H and O–H groups in total. The summed E-state index contributed by atoms with van der Waals surface area (Å²) in [5.41, 5.74) is 5.14. The number of likely N-dealkylation sites (N-methyl/N-ethyl adjacent to an activating group) is 1. The van der Waals surface area contributed by atoms with Gasteiger partial charge in [0.1, 0.15) is 5.82 Å². The van der Waals surface area contributed by atoms with Gasteiger partial charge in [0.15, 0.2) is 0 Å². The number of halogens is 1. The summed E-state index contributed by atoms with van der Waals surface area (Å²) in [5, 5.41) is 15.6. The van der Waals surface area contributed by atoms with Crippen molar-refractivity contribution in [2.24, 2.45) is 0 Å². The minimum Gasteiger partial charge on any atom is -0.302 e. The molecular weight excluding hydrogens is 439 g/mol. The number of nitro benzene ring substituents is 1. The van der Waals surface area contributed by atoms with Crippen LogP contribution in [0.5, 0.6) is 0 Å². The second-order valence-electron chi connectivity index (χ2n) is 7.58. The summed E-state index contributed by atoms with van der Waals surface area (Å²) in [6, 6.07) is 13.0. The Labute approximate surface area is 185 Å². The Morgan fingerprint density at radius 2 is 1.75 bits per heavy atom. The first-order valence-electron chi connectivity index (χ1n) is 9.70. The molecule has 0 fully saturated rings. The Balaban J connectivity index is 0.000000523. The molecule has 0 atom stereocenters. The third kappa shape index (κ3) is 6.19. The van der Waals surface area contributed by atoms with Gasteiger partial charge < -0.3 is 4.90 Å². The van der Waals surface area contributed by atoms with Gasteiger partial charge in [0.05, 0.1) is 23.4 Å². The van der Waals surface area contributed by atoms with E-state index in [4.69, 9.17) is 9.65 Å². The summed E-state index contributed by atoms with van der Waals surface area (Å²) in [6.07, 6.45) is 1.60. The second kappa shape index (κ2) is 9.55. The molecular formula is C21H23FN4O5S. The van der Waals surface area contributed by atoms with E-state index in [1.54, 1.807) is 24.3 Å². The van der Waals surface area contributed by atoms with Crippen LogP contribution in [0.1, 0.15) is 16.8 Å². The van der Waals surface area contributed by atoms with E-state index in [0.717, 1.165) is 41.9 Å². The number of rotatable bonds is 4. The normalized spacial score (nSPS) is 13.8. The highest BCUT2D eigenvalue weighted by Crippen LogP contribution is 2.30. The molecule has 0 unspecified atom stereocenters. The number of non-ortho nitro benzene ring substituents is 1. The molecule has 2 aromatic carbocycles. The molecule has 0 spiro atoms.